The lowest BCUT2D eigenvalue weighted by atomic mass is 10.1. The molecule has 1 aliphatic heterocycles. The van der Waals surface area contributed by atoms with Crippen molar-refractivity contribution >= 4 is 28.5 Å². The maximum Gasteiger partial charge on any atom is 0.414 e. The molecule has 2 fully saturated rings. The molecule has 1 saturated heterocycles. The SMILES string of the molecule is COc1cc2ncnc(N3CCC(OC(=O)N(C)c4ccc(OC5CCCC5)cc4)CC3)c2cc1OC. The fraction of sp³-hybridized carbons (Fsp3) is 0.464. The zero-order valence-electron chi connectivity index (χ0n) is 21.7. The second-order valence-corrected chi connectivity index (χ2v) is 9.57. The Hall–Kier alpha value is -3.75. The number of amides is 1. The van der Waals surface area contributed by atoms with Gasteiger partial charge in [-0.3, -0.25) is 4.90 Å². The molecule has 2 aliphatic rings. The normalized spacial score (nSPS) is 16.6. The van der Waals surface area contributed by atoms with Gasteiger partial charge in [-0.25, -0.2) is 14.8 Å². The van der Waals surface area contributed by atoms with Crippen molar-refractivity contribution in [1.82, 2.24) is 9.97 Å². The van der Waals surface area contributed by atoms with Gasteiger partial charge in [-0.1, -0.05) is 0 Å². The van der Waals surface area contributed by atoms with Crippen LogP contribution in [-0.2, 0) is 4.74 Å². The first-order chi connectivity index (χ1) is 18.1. The number of hydrogen-bond donors (Lipinski definition) is 0. The van der Waals surface area contributed by atoms with Crippen LogP contribution in [0.4, 0.5) is 16.3 Å². The Balaban J connectivity index is 1.18. The molecule has 2 heterocycles. The van der Waals surface area contributed by atoms with Crippen molar-refractivity contribution in [3.63, 3.8) is 0 Å². The number of anilines is 2. The van der Waals surface area contributed by atoms with Crippen molar-refractivity contribution in [3.8, 4) is 17.2 Å². The summed E-state index contributed by atoms with van der Waals surface area (Å²) in [5, 5.41) is 0.899. The number of rotatable bonds is 7. The predicted octanol–water partition coefficient (Wildman–Crippen LogP) is 5.21. The molecular weight excluding hydrogens is 472 g/mol. The van der Waals surface area contributed by atoms with Crippen molar-refractivity contribution < 1.29 is 23.7 Å². The molecule has 3 aromatic rings. The molecule has 196 valence electrons. The Kier molecular flexibility index (Phi) is 7.48. The zero-order chi connectivity index (χ0) is 25.8. The van der Waals surface area contributed by atoms with Crippen molar-refractivity contribution in [2.75, 3.05) is 44.2 Å². The highest BCUT2D eigenvalue weighted by Crippen LogP contribution is 2.35. The quantitative estimate of drug-likeness (QED) is 0.432. The Morgan fingerprint density at radius 2 is 1.59 bits per heavy atom. The van der Waals surface area contributed by atoms with Crippen LogP contribution in [0.2, 0.25) is 0 Å². The molecule has 0 unspecified atom stereocenters. The topological polar surface area (TPSA) is 86.3 Å². The Morgan fingerprint density at radius 1 is 0.919 bits per heavy atom. The lowest BCUT2D eigenvalue weighted by Gasteiger charge is -2.33. The third-order valence-electron chi connectivity index (χ3n) is 7.23. The highest BCUT2D eigenvalue weighted by Gasteiger charge is 2.26. The first-order valence-corrected chi connectivity index (χ1v) is 12.9. The monoisotopic (exact) mass is 506 g/mol. The minimum absolute atomic E-state index is 0.154. The molecule has 0 atom stereocenters. The van der Waals surface area contributed by atoms with E-state index in [-0.39, 0.29) is 12.2 Å². The van der Waals surface area contributed by atoms with Crippen LogP contribution in [0.5, 0.6) is 17.2 Å². The zero-order valence-corrected chi connectivity index (χ0v) is 21.7. The molecule has 1 saturated carbocycles. The molecular formula is C28H34N4O5. The van der Waals surface area contributed by atoms with Gasteiger partial charge >= 0.3 is 6.09 Å². The smallest absolute Gasteiger partial charge is 0.414 e. The summed E-state index contributed by atoms with van der Waals surface area (Å²) in [7, 11) is 4.96. The molecule has 0 N–H and O–H groups in total. The number of carbonyl (C=O) groups is 1. The van der Waals surface area contributed by atoms with E-state index in [0.29, 0.717) is 30.4 Å². The van der Waals surface area contributed by atoms with Gasteiger partial charge < -0.3 is 23.8 Å². The van der Waals surface area contributed by atoms with Gasteiger partial charge in [0.05, 0.1) is 25.8 Å². The van der Waals surface area contributed by atoms with Gasteiger partial charge in [-0.2, -0.15) is 0 Å². The Morgan fingerprint density at radius 3 is 2.27 bits per heavy atom. The van der Waals surface area contributed by atoms with Crippen molar-refractivity contribution in [1.29, 1.82) is 0 Å². The summed E-state index contributed by atoms with van der Waals surface area (Å²) >= 11 is 0. The number of carbonyl (C=O) groups excluding carboxylic acids is 1. The van der Waals surface area contributed by atoms with Crippen LogP contribution in [0, 0.1) is 0 Å². The fourth-order valence-corrected chi connectivity index (χ4v) is 5.08. The van der Waals surface area contributed by atoms with Crippen LogP contribution in [0.3, 0.4) is 0 Å². The standard InChI is InChI=1S/C28H34N4O5/c1-31(19-8-10-21(11-9-19)36-20-6-4-5-7-20)28(33)37-22-12-14-32(15-13-22)27-23-16-25(34-2)26(35-3)17-24(23)29-18-30-27/h8-11,16-18,20,22H,4-7,12-15H2,1-3H3. The van der Waals surface area contributed by atoms with Crippen LogP contribution in [0.1, 0.15) is 38.5 Å². The summed E-state index contributed by atoms with van der Waals surface area (Å²) in [6.45, 7) is 1.44. The van der Waals surface area contributed by atoms with E-state index in [1.165, 1.54) is 12.8 Å². The molecule has 9 heteroatoms. The van der Waals surface area contributed by atoms with E-state index < -0.39 is 0 Å². The average Bonchev–Trinajstić information content (AvgIpc) is 3.45. The van der Waals surface area contributed by atoms with E-state index >= 15 is 0 Å². The van der Waals surface area contributed by atoms with E-state index in [9.17, 15) is 4.79 Å². The second-order valence-electron chi connectivity index (χ2n) is 9.57. The van der Waals surface area contributed by atoms with Gasteiger partial charge in [0.1, 0.15) is 24.0 Å². The first-order valence-electron chi connectivity index (χ1n) is 12.9. The van der Waals surface area contributed by atoms with E-state index in [2.05, 4.69) is 14.9 Å². The minimum Gasteiger partial charge on any atom is -0.493 e. The molecule has 37 heavy (non-hydrogen) atoms. The third-order valence-corrected chi connectivity index (χ3v) is 7.23. The maximum absolute atomic E-state index is 12.8. The summed E-state index contributed by atoms with van der Waals surface area (Å²) in [6.07, 6.45) is 7.49. The van der Waals surface area contributed by atoms with E-state index in [4.69, 9.17) is 18.9 Å². The van der Waals surface area contributed by atoms with Gasteiger partial charge in [0, 0.05) is 50.1 Å². The number of fused-ring (bicyclic) bond motifs is 1. The summed E-state index contributed by atoms with van der Waals surface area (Å²) in [4.78, 5) is 25.5. The lowest BCUT2D eigenvalue weighted by molar-refractivity contribution is 0.0900. The van der Waals surface area contributed by atoms with Crippen LogP contribution >= 0.6 is 0 Å². The Labute approximate surface area is 217 Å². The van der Waals surface area contributed by atoms with Gasteiger partial charge in [0.25, 0.3) is 0 Å². The van der Waals surface area contributed by atoms with Gasteiger partial charge in [0.2, 0.25) is 0 Å². The Bertz CT molecular complexity index is 1220. The number of piperidine rings is 1. The molecule has 2 aromatic carbocycles. The van der Waals surface area contributed by atoms with Gasteiger partial charge in [-0.15, -0.1) is 0 Å². The number of aromatic nitrogens is 2. The third kappa shape index (κ3) is 5.50. The van der Waals surface area contributed by atoms with Crippen LogP contribution in [-0.4, -0.2) is 62.6 Å². The molecule has 1 aromatic heterocycles. The summed E-state index contributed by atoms with van der Waals surface area (Å²) in [5.74, 6) is 2.95. The molecule has 0 radical (unpaired) electrons. The summed E-state index contributed by atoms with van der Waals surface area (Å²) < 4.78 is 22.8. The minimum atomic E-state index is -0.354. The largest absolute Gasteiger partial charge is 0.493 e. The molecule has 1 amide bonds. The van der Waals surface area contributed by atoms with Gasteiger partial charge in [0.15, 0.2) is 11.5 Å². The van der Waals surface area contributed by atoms with E-state index in [1.54, 1.807) is 32.5 Å². The summed E-state index contributed by atoms with van der Waals surface area (Å²) in [5.41, 5.74) is 1.57. The highest BCUT2D eigenvalue weighted by molar-refractivity contribution is 5.92. The van der Waals surface area contributed by atoms with Crippen molar-refractivity contribution in [3.05, 3.63) is 42.7 Å². The number of methoxy groups -OCH3 is 2. The molecule has 5 rings (SSSR count). The lowest BCUT2D eigenvalue weighted by Crippen LogP contribution is -2.40. The number of nitrogens with zero attached hydrogens (tertiary/aromatic N) is 4. The first kappa shape index (κ1) is 24.9. The average molecular weight is 507 g/mol. The number of benzene rings is 2. The predicted molar refractivity (Wildman–Crippen MR) is 142 cm³/mol. The van der Waals surface area contributed by atoms with Crippen molar-refractivity contribution in [2.45, 2.75) is 50.7 Å². The molecule has 9 nitrogen and oxygen atoms in total. The van der Waals surface area contributed by atoms with Crippen LogP contribution < -0.4 is 24.0 Å². The summed E-state index contributed by atoms with van der Waals surface area (Å²) in [6, 6.07) is 11.4. The molecule has 0 spiro atoms. The molecule has 0 bridgehead atoms. The van der Waals surface area contributed by atoms with Crippen molar-refractivity contribution in [2.24, 2.45) is 0 Å². The second kappa shape index (κ2) is 11.1. The fourth-order valence-electron chi connectivity index (χ4n) is 5.08. The van der Waals surface area contributed by atoms with Gasteiger partial charge in [-0.05, 0) is 56.0 Å². The number of hydrogen-bond acceptors (Lipinski definition) is 8. The van der Waals surface area contributed by atoms with E-state index in [0.717, 1.165) is 54.1 Å². The number of ether oxygens (including phenoxy) is 4. The van der Waals surface area contributed by atoms with E-state index in [1.807, 2.05) is 36.4 Å². The highest BCUT2D eigenvalue weighted by atomic mass is 16.6. The van der Waals surface area contributed by atoms with Crippen LogP contribution in [0.15, 0.2) is 42.7 Å². The van der Waals surface area contributed by atoms with Crippen LogP contribution in [0.25, 0.3) is 10.9 Å². The molecule has 1 aliphatic carbocycles. The maximum atomic E-state index is 12.8.